The highest BCUT2D eigenvalue weighted by molar-refractivity contribution is 7.09. The molecule has 21 heavy (non-hydrogen) atoms. The first-order valence-corrected chi connectivity index (χ1v) is 7.97. The SMILES string of the molecule is CN(Cc1cccs1)C(=O)CN[C@H]1CCc2ncnn2C1. The predicted octanol–water partition coefficient (Wildman–Crippen LogP) is 0.903. The lowest BCUT2D eigenvalue weighted by molar-refractivity contribution is -0.129. The minimum Gasteiger partial charge on any atom is -0.340 e. The molecule has 1 aliphatic rings. The van der Waals surface area contributed by atoms with Crippen molar-refractivity contribution >= 4 is 17.2 Å². The van der Waals surface area contributed by atoms with E-state index >= 15 is 0 Å². The summed E-state index contributed by atoms with van der Waals surface area (Å²) in [6.07, 6.45) is 3.51. The van der Waals surface area contributed by atoms with Crippen molar-refractivity contribution in [3.63, 3.8) is 0 Å². The quantitative estimate of drug-likeness (QED) is 0.891. The molecule has 1 aliphatic heterocycles. The third kappa shape index (κ3) is 3.48. The fourth-order valence-corrected chi connectivity index (χ4v) is 3.25. The zero-order valence-corrected chi connectivity index (χ0v) is 12.8. The van der Waals surface area contributed by atoms with Gasteiger partial charge in [-0.15, -0.1) is 11.3 Å². The number of aromatic nitrogens is 3. The average molecular weight is 305 g/mol. The van der Waals surface area contributed by atoms with Crippen LogP contribution in [-0.4, -0.2) is 45.2 Å². The van der Waals surface area contributed by atoms with Gasteiger partial charge < -0.3 is 10.2 Å². The number of carbonyl (C=O) groups is 1. The number of rotatable bonds is 5. The van der Waals surface area contributed by atoms with Crippen LogP contribution in [0, 0.1) is 0 Å². The molecule has 0 saturated heterocycles. The van der Waals surface area contributed by atoms with Gasteiger partial charge in [-0.3, -0.25) is 4.79 Å². The van der Waals surface area contributed by atoms with Gasteiger partial charge in [0.1, 0.15) is 12.2 Å². The summed E-state index contributed by atoms with van der Waals surface area (Å²) in [5.41, 5.74) is 0. The lowest BCUT2D eigenvalue weighted by Crippen LogP contribution is -2.43. The number of nitrogens with zero attached hydrogens (tertiary/aromatic N) is 4. The zero-order chi connectivity index (χ0) is 14.7. The van der Waals surface area contributed by atoms with Crippen LogP contribution >= 0.6 is 11.3 Å². The van der Waals surface area contributed by atoms with Gasteiger partial charge in [0.05, 0.1) is 19.6 Å². The van der Waals surface area contributed by atoms with E-state index in [9.17, 15) is 4.79 Å². The Morgan fingerprint density at radius 2 is 2.52 bits per heavy atom. The Morgan fingerprint density at radius 3 is 3.33 bits per heavy atom. The molecule has 3 rings (SSSR count). The summed E-state index contributed by atoms with van der Waals surface area (Å²) >= 11 is 1.68. The highest BCUT2D eigenvalue weighted by Gasteiger charge is 2.20. The van der Waals surface area contributed by atoms with Gasteiger partial charge in [-0.2, -0.15) is 5.10 Å². The Kier molecular flexibility index (Phi) is 4.31. The normalized spacial score (nSPS) is 17.5. The minimum atomic E-state index is 0.118. The largest absolute Gasteiger partial charge is 0.340 e. The lowest BCUT2D eigenvalue weighted by atomic mass is 10.1. The maximum atomic E-state index is 12.1. The van der Waals surface area contributed by atoms with Gasteiger partial charge in [-0.1, -0.05) is 6.07 Å². The molecule has 0 bridgehead atoms. The first-order chi connectivity index (χ1) is 10.2. The average Bonchev–Trinajstić information content (AvgIpc) is 3.14. The summed E-state index contributed by atoms with van der Waals surface area (Å²) in [6, 6.07) is 4.35. The fourth-order valence-electron chi connectivity index (χ4n) is 2.50. The molecule has 2 aromatic rings. The standard InChI is InChI=1S/C14H19N5OS/c1-18(9-12-3-2-6-21-12)14(20)7-15-11-4-5-13-16-10-17-19(13)8-11/h2-3,6,10-11,15H,4-5,7-9H2,1H3/t11-/m0/s1. The van der Waals surface area contributed by atoms with Gasteiger partial charge in [-0.05, 0) is 17.9 Å². The number of carbonyl (C=O) groups excluding carboxylic acids is 1. The molecular weight excluding hydrogens is 286 g/mol. The number of aryl methyl sites for hydroxylation is 1. The number of hydrogen-bond donors (Lipinski definition) is 1. The highest BCUT2D eigenvalue weighted by Crippen LogP contribution is 2.12. The smallest absolute Gasteiger partial charge is 0.236 e. The van der Waals surface area contributed by atoms with Gasteiger partial charge in [0.25, 0.3) is 0 Å². The van der Waals surface area contributed by atoms with Gasteiger partial charge in [0.2, 0.25) is 5.91 Å². The van der Waals surface area contributed by atoms with Crippen LogP contribution in [0.15, 0.2) is 23.8 Å². The van der Waals surface area contributed by atoms with Crippen LogP contribution in [0.5, 0.6) is 0 Å². The molecule has 0 fully saturated rings. The molecule has 1 amide bonds. The van der Waals surface area contributed by atoms with E-state index in [2.05, 4.69) is 21.5 Å². The van der Waals surface area contributed by atoms with Gasteiger partial charge >= 0.3 is 0 Å². The van der Waals surface area contributed by atoms with Crippen LogP contribution in [0.4, 0.5) is 0 Å². The van der Waals surface area contributed by atoms with Crippen molar-refractivity contribution in [2.45, 2.75) is 32.0 Å². The molecule has 0 radical (unpaired) electrons. The number of nitrogens with one attached hydrogen (secondary N) is 1. The molecule has 6 nitrogen and oxygen atoms in total. The van der Waals surface area contributed by atoms with Crippen molar-refractivity contribution in [1.29, 1.82) is 0 Å². The molecule has 0 saturated carbocycles. The third-order valence-electron chi connectivity index (χ3n) is 3.75. The molecule has 0 aliphatic carbocycles. The summed E-state index contributed by atoms with van der Waals surface area (Å²) in [7, 11) is 1.85. The maximum Gasteiger partial charge on any atom is 0.236 e. The molecule has 0 unspecified atom stereocenters. The fraction of sp³-hybridized carbons (Fsp3) is 0.500. The van der Waals surface area contributed by atoms with Crippen molar-refractivity contribution < 1.29 is 4.79 Å². The molecule has 0 spiro atoms. The van der Waals surface area contributed by atoms with Crippen molar-refractivity contribution in [3.8, 4) is 0 Å². The number of fused-ring (bicyclic) bond motifs is 1. The number of likely N-dealkylation sites (N-methyl/N-ethyl adjacent to an activating group) is 1. The van der Waals surface area contributed by atoms with E-state index in [0.717, 1.165) is 25.2 Å². The second kappa shape index (κ2) is 6.36. The summed E-state index contributed by atoms with van der Waals surface area (Å²) in [5, 5.41) is 9.56. The topological polar surface area (TPSA) is 63.1 Å². The van der Waals surface area contributed by atoms with Crippen LogP contribution < -0.4 is 5.32 Å². The lowest BCUT2D eigenvalue weighted by Gasteiger charge is -2.24. The second-order valence-electron chi connectivity index (χ2n) is 5.30. The number of hydrogen-bond acceptors (Lipinski definition) is 5. The summed E-state index contributed by atoms with van der Waals surface area (Å²) in [6.45, 7) is 1.84. The van der Waals surface area contributed by atoms with Crippen LogP contribution in [0.2, 0.25) is 0 Å². The van der Waals surface area contributed by atoms with Crippen LogP contribution in [-0.2, 0) is 24.3 Å². The van der Waals surface area contributed by atoms with E-state index in [1.165, 1.54) is 4.88 Å². The minimum absolute atomic E-state index is 0.118. The molecule has 3 heterocycles. The van der Waals surface area contributed by atoms with Crippen LogP contribution in [0.25, 0.3) is 0 Å². The first-order valence-electron chi connectivity index (χ1n) is 7.09. The monoisotopic (exact) mass is 305 g/mol. The van der Waals surface area contributed by atoms with E-state index < -0.39 is 0 Å². The summed E-state index contributed by atoms with van der Waals surface area (Å²) in [4.78, 5) is 19.3. The zero-order valence-electron chi connectivity index (χ0n) is 12.0. The van der Waals surface area contributed by atoms with Crippen LogP contribution in [0.3, 0.4) is 0 Å². The molecule has 0 aromatic carbocycles. The van der Waals surface area contributed by atoms with Crippen molar-refractivity contribution in [3.05, 3.63) is 34.5 Å². The van der Waals surface area contributed by atoms with Gasteiger partial charge in [0, 0.05) is 24.4 Å². The predicted molar refractivity (Wildman–Crippen MR) is 80.9 cm³/mol. The van der Waals surface area contributed by atoms with Gasteiger partial charge in [-0.25, -0.2) is 9.67 Å². The Labute approximate surface area is 127 Å². The third-order valence-corrected chi connectivity index (χ3v) is 4.61. The Hall–Kier alpha value is -1.73. The molecular formula is C14H19N5OS. The van der Waals surface area contributed by atoms with Crippen LogP contribution in [0.1, 0.15) is 17.1 Å². The molecule has 1 atom stereocenters. The Bertz CT molecular complexity index is 594. The molecule has 112 valence electrons. The molecule has 7 heteroatoms. The second-order valence-corrected chi connectivity index (χ2v) is 6.34. The highest BCUT2D eigenvalue weighted by atomic mass is 32.1. The molecule has 2 aromatic heterocycles. The van der Waals surface area contributed by atoms with E-state index in [0.29, 0.717) is 19.1 Å². The molecule has 1 N–H and O–H groups in total. The van der Waals surface area contributed by atoms with E-state index in [1.807, 2.05) is 23.2 Å². The van der Waals surface area contributed by atoms with Crippen molar-refractivity contribution in [1.82, 2.24) is 25.0 Å². The van der Waals surface area contributed by atoms with Crippen molar-refractivity contribution in [2.24, 2.45) is 0 Å². The van der Waals surface area contributed by atoms with E-state index in [1.54, 1.807) is 22.6 Å². The Morgan fingerprint density at radius 1 is 1.62 bits per heavy atom. The van der Waals surface area contributed by atoms with Crippen molar-refractivity contribution in [2.75, 3.05) is 13.6 Å². The van der Waals surface area contributed by atoms with Gasteiger partial charge in [0.15, 0.2) is 0 Å². The number of amides is 1. The number of thiophene rings is 1. The summed E-state index contributed by atoms with van der Waals surface area (Å²) in [5.74, 6) is 1.15. The van der Waals surface area contributed by atoms with E-state index in [4.69, 9.17) is 0 Å². The first kappa shape index (κ1) is 14.2. The van der Waals surface area contributed by atoms with E-state index in [-0.39, 0.29) is 5.91 Å². The maximum absolute atomic E-state index is 12.1. The Balaban J connectivity index is 1.46. The summed E-state index contributed by atoms with van der Waals surface area (Å²) < 4.78 is 1.92.